The predicted octanol–water partition coefficient (Wildman–Crippen LogP) is 3.78. The van der Waals surface area contributed by atoms with Crippen LogP contribution in [0.5, 0.6) is 11.5 Å². The number of benzene rings is 2. The molecule has 2 fully saturated rings. The molecule has 1 saturated heterocycles. The number of ether oxygens (including phenoxy) is 2. The van der Waals surface area contributed by atoms with Crippen molar-refractivity contribution in [2.75, 3.05) is 38.2 Å². The lowest BCUT2D eigenvalue weighted by Crippen LogP contribution is -2.49. The summed E-state index contributed by atoms with van der Waals surface area (Å²) in [5.41, 5.74) is 0.792. The van der Waals surface area contributed by atoms with Gasteiger partial charge in [0.1, 0.15) is 5.69 Å². The van der Waals surface area contributed by atoms with Crippen LogP contribution in [-0.4, -0.2) is 66.8 Å². The zero-order valence-electron chi connectivity index (χ0n) is 22.4. The van der Waals surface area contributed by atoms with Crippen molar-refractivity contribution in [1.82, 2.24) is 14.1 Å². The molecule has 0 spiro atoms. The third kappa shape index (κ3) is 6.31. The molecule has 0 amide bonds. The van der Waals surface area contributed by atoms with E-state index in [1.54, 1.807) is 30.5 Å². The number of sulfonamides is 1. The number of halogens is 1. The van der Waals surface area contributed by atoms with E-state index in [0.29, 0.717) is 35.1 Å². The van der Waals surface area contributed by atoms with Gasteiger partial charge in [-0.25, -0.2) is 8.42 Å². The zero-order chi connectivity index (χ0) is 29.1. The number of nitro groups is 1. The van der Waals surface area contributed by atoms with Crippen LogP contribution in [-0.2, 0) is 15.8 Å². The predicted molar refractivity (Wildman–Crippen MR) is 154 cm³/mol. The Balaban J connectivity index is 1.35. The number of piperazine rings is 1. The molecule has 3 aromatic rings. The molecule has 2 aliphatic rings. The standard InChI is InChI=1S/C27H30ClN5O7S/c1-39-25-15-19(9-10-23(25)33(35)36)18-41(37,38)31-13-11-30(12-14-31)24-17-29-32(21-6-4-5-20(28)16-21)27(34)26(24)40-22-7-2-3-8-22/h4-6,9-10,15-17,22H,2-3,7-8,11-14,18H2,1H3. The Kier molecular flexibility index (Phi) is 8.47. The maximum atomic E-state index is 13.6. The minimum absolute atomic E-state index is 0.00215. The average molecular weight is 604 g/mol. The van der Waals surface area contributed by atoms with Crippen LogP contribution in [0.1, 0.15) is 31.2 Å². The van der Waals surface area contributed by atoms with E-state index in [9.17, 15) is 23.3 Å². The maximum absolute atomic E-state index is 13.6. The largest absolute Gasteiger partial charge is 0.490 e. The summed E-state index contributed by atoms with van der Waals surface area (Å²) in [5.74, 6) is -0.127. The zero-order valence-corrected chi connectivity index (χ0v) is 24.0. The SMILES string of the molecule is COc1cc(CS(=O)(=O)N2CCN(c3cnn(-c4cccc(Cl)c4)c(=O)c3OC3CCCC3)CC2)ccc1[N+](=O)[O-]. The third-order valence-electron chi connectivity index (χ3n) is 7.32. The van der Waals surface area contributed by atoms with E-state index in [-0.39, 0.29) is 42.1 Å². The molecule has 1 aromatic heterocycles. The summed E-state index contributed by atoms with van der Waals surface area (Å²) in [6, 6.07) is 10.9. The second kappa shape index (κ2) is 12.0. The van der Waals surface area contributed by atoms with Crippen molar-refractivity contribution in [3.8, 4) is 17.2 Å². The monoisotopic (exact) mass is 603 g/mol. The topological polar surface area (TPSA) is 137 Å². The maximum Gasteiger partial charge on any atom is 0.316 e. The van der Waals surface area contributed by atoms with Gasteiger partial charge in [0.15, 0.2) is 5.75 Å². The van der Waals surface area contributed by atoms with Gasteiger partial charge in [-0.1, -0.05) is 23.7 Å². The Hall–Kier alpha value is -3.68. The van der Waals surface area contributed by atoms with Gasteiger partial charge in [0.05, 0.1) is 35.8 Å². The molecule has 2 aromatic carbocycles. The summed E-state index contributed by atoms with van der Waals surface area (Å²) in [6.07, 6.45) is 5.29. The molecule has 41 heavy (non-hydrogen) atoms. The summed E-state index contributed by atoms with van der Waals surface area (Å²) < 4.78 is 40.4. The van der Waals surface area contributed by atoms with E-state index >= 15 is 0 Å². The Bertz CT molecular complexity index is 1600. The highest BCUT2D eigenvalue weighted by Gasteiger charge is 2.31. The van der Waals surface area contributed by atoms with Gasteiger partial charge < -0.3 is 14.4 Å². The molecule has 12 nitrogen and oxygen atoms in total. The second-order valence-electron chi connectivity index (χ2n) is 9.99. The van der Waals surface area contributed by atoms with E-state index in [0.717, 1.165) is 25.7 Å². The van der Waals surface area contributed by atoms with Crippen LogP contribution in [0, 0.1) is 10.1 Å². The molecular weight excluding hydrogens is 574 g/mol. The molecule has 1 aliphatic carbocycles. The smallest absolute Gasteiger partial charge is 0.316 e. The van der Waals surface area contributed by atoms with Crippen LogP contribution in [0.3, 0.4) is 0 Å². The molecule has 1 saturated carbocycles. The first-order chi connectivity index (χ1) is 19.7. The lowest BCUT2D eigenvalue weighted by atomic mass is 10.2. The van der Waals surface area contributed by atoms with Gasteiger partial charge in [0, 0.05) is 37.3 Å². The van der Waals surface area contributed by atoms with Crippen LogP contribution in [0.25, 0.3) is 5.69 Å². The number of nitro benzene ring substituents is 1. The summed E-state index contributed by atoms with van der Waals surface area (Å²) >= 11 is 6.14. The minimum atomic E-state index is -3.73. The number of hydrogen-bond donors (Lipinski definition) is 0. The Morgan fingerprint density at radius 3 is 2.49 bits per heavy atom. The van der Waals surface area contributed by atoms with Crippen LogP contribution in [0.15, 0.2) is 53.5 Å². The fourth-order valence-corrected chi connectivity index (χ4v) is 6.89. The number of anilines is 1. The normalized spacial score (nSPS) is 16.6. The second-order valence-corrected chi connectivity index (χ2v) is 12.4. The lowest BCUT2D eigenvalue weighted by Gasteiger charge is -2.36. The molecule has 0 bridgehead atoms. The number of rotatable bonds is 9. The van der Waals surface area contributed by atoms with Crippen LogP contribution in [0.4, 0.5) is 11.4 Å². The Labute approximate surface area is 242 Å². The Morgan fingerprint density at radius 1 is 1.10 bits per heavy atom. The first kappa shape index (κ1) is 28.8. The molecule has 14 heteroatoms. The molecule has 218 valence electrons. The van der Waals surface area contributed by atoms with Gasteiger partial charge in [-0.05, 0) is 55.5 Å². The van der Waals surface area contributed by atoms with Crippen molar-refractivity contribution >= 4 is 33.0 Å². The van der Waals surface area contributed by atoms with Crippen molar-refractivity contribution in [2.45, 2.75) is 37.5 Å². The molecular formula is C27H30ClN5O7S. The average Bonchev–Trinajstić information content (AvgIpc) is 3.47. The van der Waals surface area contributed by atoms with Gasteiger partial charge in [0.25, 0.3) is 0 Å². The van der Waals surface area contributed by atoms with Crippen molar-refractivity contribution in [2.24, 2.45) is 0 Å². The van der Waals surface area contributed by atoms with Crippen molar-refractivity contribution in [1.29, 1.82) is 0 Å². The summed E-state index contributed by atoms with van der Waals surface area (Å²) in [5, 5.41) is 16.0. The first-order valence-corrected chi connectivity index (χ1v) is 15.2. The van der Waals surface area contributed by atoms with Gasteiger partial charge in [-0.15, -0.1) is 0 Å². The summed E-state index contributed by atoms with van der Waals surface area (Å²) in [6.45, 7) is 1.03. The van der Waals surface area contributed by atoms with Gasteiger partial charge >= 0.3 is 11.2 Å². The van der Waals surface area contributed by atoms with Crippen LogP contribution in [0.2, 0.25) is 5.02 Å². The highest BCUT2D eigenvalue weighted by atomic mass is 35.5. The summed E-state index contributed by atoms with van der Waals surface area (Å²) in [7, 11) is -2.43. The molecule has 0 unspecified atom stereocenters. The fourth-order valence-electron chi connectivity index (χ4n) is 5.20. The van der Waals surface area contributed by atoms with Gasteiger partial charge in [0.2, 0.25) is 15.8 Å². The fraction of sp³-hybridized carbons (Fsp3) is 0.407. The van der Waals surface area contributed by atoms with E-state index in [1.165, 1.54) is 34.3 Å². The third-order valence-corrected chi connectivity index (χ3v) is 9.40. The van der Waals surface area contributed by atoms with Crippen LogP contribution < -0.4 is 19.9 Å². The van der Waals surface area contributed by atoms with E-state index < -0.39 is 20.5 Å². The van der Waals surface area contributed by atoms with Crippen molar-refractivity contribution < 1.29 is 22.8 Å². The number of hydrogen-bond acceptors (Lipinski definition) is 9. The lowest BCUT2D eigenvalue weighted by molar-refractivity contribution is -0.385. The minimum Gasteiger partial charge on any atom is -0.490 e. The highest BCUT2D eigenvalue weighted by Crippen LogP contribution is 2.32. The highest BCUT2D eigenvalue weighted by molar-refractivity contribution is 7.88. The number of methoxy groups -OCH3 is 1. The molecule has 0 radical (unpaired) electrons. The Morgan fingerprint density at radius 2 is 1.83 bits per heavy atom. The number of aromatic nitrogens is 2. The number of nitrogens with zero attached hydrogens (tertiary/aromatic N) is 5. The molecule has 2 heterocycles. The van der Waals surface area contributed by atoms with E-state index in [1.807, 2.05) is 4.90 Å². The van der Waals surface area contributed by atoms with Gasteiger partial charge in [-0.3, -0.25) is 14.9 Å². The molecule has 5 rings (SSSR count). The molecule has 1 aliphatic heterocycles. The molecule has 0 N–H and O–H groups in total. The van der Waals surface area contributed by atoms with Crippen LogP contribution >= 0.6 is 11.6 Å². The van der Waals surface area contributed by atoms with E-state index in [2.05, 4.69) is 5.10 Å². The van der Waals surface area contributed by atoms with Gasteiger partial charge in [-0.2, -0.15) is 14.1 Å². The van der Waals surface area contributed by atoms with Crippen molar-refractivity contribution in [3.05, 3.63) is 79.7 Å². The summed E-state index contributed by atoms with van der Waals surface area (Å²) in [4.78, 5) is 26.1. The first-order valence-electron chi connectivity index (χ1n) is 13.3. The van der Waals surface area contributed by atoms with Crippen molar-refractivity contribution in [3.63, 3.8) is 0 Å². The quantitative estimate of drug-likeness (QED) is 0.264. The van der Waals surface area contributed by atoms with E-state index in [4.69, 9.17) is 21.1 Å². The molecule has 0 atom stereocenters.